The maximum atomic E-state index is 5.71. The number of methoxy groups -OCH3 is 1. The average molecular weight is 212 g/mol. The molecule has 1 aliphatic rings. The van der Waals surface area contributed by atoms with Gasteiger partial charge in [-0.05, 0) is 23.3 Å². The number of ether oxygens (including phenoxy) is 2. The van der Waals surface area contributed by atoms with Crippen molar-refractivity contribution >= 4 is 0 Å². The van der Waals surface area contributed by atoms with Crippen molar-refractivity contribution < 1.29 is 9.47 Å². The van der Waals surface area contributed by atoms with Crippen molar-refractivity contribution in [3.8, 4) is 22.6 Å². The molecule has 1 heterocycles. The van der Waals surface area contributed by atoms with Crippen LogP contribution in [0.1, 0.15) is 5.56 Å². The molecule has 0 N–H and O–H groups in total. The van der Waals surface area contributed by atoms with Crippen molar-refractivity contribution in [2.75, 3.05) is 7.11 Å². The van der Waals surface area contributed by atoms with E-state index in [1.54, 1.807) is 7.11 Å². The van der Waals surface area contributed by atoms with Crippen LogP contribution in [-0.4, -0.2) is 7.11 Å². The Hall–Kier alpha value is -1.96. The summed E-state index contributed by atoms with van der Waals surface area (Å²) in [5.74, 6) is 1.77. The van der Waals surface area contributed by atoms with Gasteiger partial charge in [-0.25, -0.2) is 0 Å². The highest BCUT2D eigenvalue weighted by atomic mass is 16.5. The lowest BCUT2D eigenvalue weighted by Gasteiger charge is -2.22. The first-order chi connectivity index (χ1) is 7.90. The van der Waals surface area contributed by atoms with E-state index < -0.39 is 0 Å². The Morgan fingerprint density at radius 1 is 1.06 bits per heavy atom. The Morgan fingerprint density at radius 2 is 1.94 bits per heavy atom. The van der Waals surface area contributed by atoms with E-state index >= 15 is 0 Å². The Kier molecular flexibility index (Phi) is 2.07. The van der Waals surface area contributed by atoms with Crippen molar-refractivity contribution in [3.05, 3.63) is 48.0 Å². The standard InChI is InChI=1S/C14H12O2/c1-15-12-7-4-8-13-14(12)11-6-3-2-5-10(11)9-16-13/h2-8H,9H2,1H3. The molecule has 2 aromatic carbocycles. The monoisotopic (exact) mass is 212 g/mol. The van der Waals surface area contributed by atoms with E-state index in [2.05, 4.69) is 12.1 Å². The predicted octanol–water partition coefficient (Wildman–Crippen LogP) is 3.25. The van der Waals surface area contributed by atoms with Crippen molar-refractivity contribution in [1.29, 1.82) is 0 Å². The van der Waals surface area contributed by atoms with Gasteiger partial charge in [0.15, 0.2) is 0 Å². The van der Waals surface area contributed by atoms with Crippen molar-refractivity contribution in [3.63, 3.8) is 0 Å². The van der Waals surface area contributed by atoms with Gasteiger partial charge in [0, 0.05) is 0 Å². The molecule has 0 saturated carbocycles. The van der Waals surface area contributed by atoms with Gasteiger partial charge in [-0.1, -0.05) is 30.3 Å². The maximum absolute atomic E-state index is 5.71. The third-order valence-corrected chi connectivity index (χ3v) is 2.88. The van der Waals surface area contributed by atoms with E-state index in [4.69, 9.17) is 9.47 Å². The number of rotatable bonds is 1. The van der Waals surface area contributed by atoms with Gasteiger partial charge in [-0.3, -0.25) is 0 Å². The quantitative estimate of drug-likeness (QED) is 0.722. The van der Waals surface area contributed by atoms with Gasteiger partial charge in [-0.15, -0.1) is 0 Å². The van der Waals surface area contributed by atoms with Gasteiger partial charge in [0.2, 0.25) is 0 Å². The molecule has 16 heavy (non-hydrogen) atoms. The zero-order chi connectivity index (χ0) is 11.0. The smallest absolute Gasteiger partial charge is 0.131 e. The van der Waals surface area contributed by atoms with Crippen LogP contribution in [0.5, 0.6) is 11.5 Å². The first kappa shape index (κ1) is 9.28. The van der Waals surface area contributed by atoms with Crippen LogP contribution in [0.3, 0.4) is 0 Å². The molecule has 2 nitrogen and oxygen atoms in total. The van der Waals surface area contributed by atoms with Crippen LogP contribution in [0.15, 0.2) is 42.5 Å². The van der Waals surface area contributed by atoms with E-state index in [0.717, 1.165) is 17.1 Å². The van der Waals surface area contributed by atoms with Gasteiger partial charge >= 0.3 is 0 Å². The Labute approximate surface area is 94.4 Å². The second-order valence-corrected chi connectivity index (χ2v) is 3.78. The Balaban J connectivity index is 2.30. The minimum absolute atomic E-state index is 0.635. The SMILES string of the molecule is COc1cccc2c1-c1ccccc1CO2. The summed E-state index contributed by atoms with van der Waals surface area (Å²) in [4.78, 5) is 0. The summed E-state index contributed by atoms with van der Waals surface area (Å²) in [5.41, 5.74) is 3.48. The second kappa shape index (κ2) is 3.56. The van der Waals surface area contributed by atoms with Gasteiger partial charge < -0.3 is 9.47 Å². The highest BCUT2D eigenvalue weighted by molar-refractivity contribution is 5.80. The van der Waals surface area contributed by atoms with E-state index in [9.17, 15) is 0 Å². The molecule has 0 atom stereocenters. The van der Waals surface area contributed by atoms with E-state index in [1.165, 1.54) is 11.1 Å². The van der Waals surface area contributed by atoms with Crippen LogP contribution < -0.4 is 9.47 Å². The molecule has 3 rings (SSSR count). The first-order valence-electron chi connectivity index (χ1n) is 5.28. The van der Waals surface area contributed by atoms with Crippen molar-refractivity contribution in [2.24, 2.45) is 0 Å². The summed E-state index contributed by atoms with van der Waals surface area (Å²) in [6.07, 6.45) is 0. The molecule has 0 fully saturated rings. The minimum atomic E-state index is 0.635. The Morgan fingerprint density at radius 3 is 2.81 bits per heavy atom. The molecule has 2 aromatic rings. The Bertz CT molecular complexity index is 518. The van der Waals surface area contributed by atoms with E-state index in [1.807, 2.05) is 30.3 Å². The lowest BCUT2D eigenvalue weighted by atomic mass is 9.96. The molecule has 0 spiro atoms. The molecule has 0 unspecified atom stereocenters. The molecule has 1 aliphatic heterocycles. The van der Waals surface area contributed by atoms with E-state index in [-0.39, 0.29) is 0 Å². The summed E-state index contributed by atoms with van der Waals surface area (Å²) in [6, 6.07) is 14.2. The largest absolute Gasteiger partial charge is 0.496 e. The normalized spacial score (nSPS) is 12.3. The third kappa shape index (κ3) is 1.27. The topological polar surface area (TPSA) is 18.5 Å². The van der Waals surface area contributed by atoms with Gasteiger partial charge in [0.1, 0.15) is 18.1 Å². The molecular formula is C14H12O2. The molecule has 0 saturated heterocycles. The fourth-order valence-corrected chi connectivity index (χ4v) is 2.11. The molecule has 0 radical (unpaired) electrons. The number of hydrogen-bond donors (Lipinski definition) is 0. The molecule has 0 bridgehead atoms. The fourth-order valence-electron chi connectivity index (χ4n) is 2.11. The molecule has 0 amide bonds. The second-order valence-electron chi connectivity index (χ2n) is 3.78. The van der Waals surface area contributed by atoms with Gasteiger partial charge in [0.05, 0.1) is 12.7 Å². The lowest BCUT2D eigenvalue weighted by Crippen LogP contribution is -2.06. The van der Waals surface area contributed by atoms with Crippen LogP contribution in [0.25, 0.3) is 11.1 Å². The van der Waals surface area contributed by atoms with Crippen LogP contribution in [0.4, 0.5) is 0 Å². The van der Waals surface area contributed by atoms with Crippen LogP contribution >= 0.6 is 0 Å². The lowest BCUT2D eigenvalue weighted by molar-refractivity contribution is 0.299. The van der Waals surface area contributed by atoms with Crippen molar-refractivity contribution in [2.45, 2.75) is 6.61 Å². The number of fused-ring (bicyclic) bond motifs is 3. The zero-order valence-corrected chi connectivity index (χ0v) is 9.07. The van der Waals surface area contributed by atoms with Crippen LogP contribution in [-0.2, 0) is 6.61 Å². The first-order valence-corrected chi connectivity index (χ1v) is 5.28. The predicted molar refractivity (Wildman–Crippen MR) is 62.8 cm³/mol. The summed E-state index contributed by atoms with van der Waals surface area (Å²) in [6.45, 7) is 0.635. The van der Waals surface area contributed by atoms with E-state index in [0.29, 0.717) is 6.61 Å². The zero-order valence-electron chi connectivity index (χ0n) is 9.07. The van der Waals surface area contributed by atoms with Gasteiger partial charge in [0.25, 0.3) is 0 Å². The summed E-state index contributed by atoms with van der Waals surface area (Å²) < 4.78 is 11.1. The summed E-state index contributed by atoms with van der Waals surface area (Å²) >= 11 is 0. The molecule has 0 aliphatic carbocycles. The minimum Gasteiger partial charge on any atom is -0.496 e. The molecule has 0 aromatic heterocycles. The molecule has 80 valence electrons. The summed E-state index contributed by atoms with van der Waals surface area (Å²) in [5, 5.41) is 0. The van der Waals surface area contributed by atoms with Gasteiger partial charge in [-0.2, -0.15) is 0 Å². The third-order valence-electron chi connectivity index (χ3n) is 2.88. The highest BCUT2D eigenvalue weighted by Gasteiger charge is 2.19. The van der Waals surface area contributed by atoms with Crippen molar-refractivity contribution in [1.82, 2.24) is 0 Å². The molecular weight excluding hydrogens is 200 g/mol. The summed E-state index contributed by atoms with van der Waals surface area (Å²) in [7, 11) is 1.69. The molecule has 2 heteroatoms. The number of hydrogen-bond acceptors (Lipinski definition) is 2. The van der Waals surface area contributed by atoms with Crippen LogP contribution in [0, 0.1) is 0 Å². The fraction of sp³-hybridized carbons (Fsp3) is 0.143. The van der Waals surface area contributed by atoms with Crippen LogP contribution in [0.2, 0.25) is 0 Å². The number of benzene rings is 2. The highest BCUT2D eigenvalue weighted by Crippen LogP contribution is 2.43. The average Bonchev–Trinajstić information content (AvgIpc) is 2.37. The maximum Gasteiger partial charge on any atom is 0.131 e.